The number of furan rings is 1. The third-order valence-corrected chi connectivity index (χ3v) is 2.20. The normalized spacial score (nSPS) is 10.0. The highest BCUT2D eigenvalue weighted by molar-refractivity contribution is 7.80. The molecule has 0 amide bonds. The van der Waals surface area contributed by atoms with Gasteiger partial charge in [0, 0.05) is 17.8 Å². The van der Waals surface area contributed by atoms with Crippen LogP contribution in [0.15, 0.2) is 41.1 Å². The second kappa shape index (κ2) is 4.76. The molecule has 0 aliphatic heterocycles. The molecule has 0 saturated heterocycles. The molecule has 0 radical (unpaired) electrons. The van der Waals surface area contributed by atoms with Gasteiger partial charge in [-0.2, -0.15) is 0 Å². The van der Waals surface area contributed by atoms with Crippen LogP contribution in [0.1, 0.15) is 11.3 Å². The van der Waals surface area contributed by atoms with Crippen LogP contribution in [-0.4, -0.2) is 9.97 Å². The number of nitrogens with zero attached hydrogens (tertiary/aromatic N) is 1. The van der Waals surface area contributed by atoms with E-state index in [0.717, 1.165) is 11.3 Å². The number of nitrogens with two attached hydrogens (primary N) is 1. The van der Waals surface area contributed by atoms with Crippen molar-refractivity contribution in [2.45, 2.75) is 6.61 Å². The third-order valence-electron chi connectivity index (χ3n) is 1.96. The van der Waals surface area contributed by atoms with E-state index in [9.17, 15) is 0 Å². The number of ether oxygens (including phenoxy) is 1. The minimum Gasteiger partial charge on any atom is -0.469 e. The van der Waals surface area contributed by atoms with Crippen molar-refractivity contribution in [2.75, 3.05) is 0 Å². The molecule has 82 valence electrons. The highest BCUT2D eigenvalue weighted by atomic mass is 32.1. The van der Waals surface area contributed by atoms with Gasteiger partial charge in [-0.25, -0.2) is 4.98 Å². The lowest BCUT2D eigenvalue weighted by Crippen LogP contribution is -2.09. The molecular formula is C11H10N2O2S. The van der Waals surface area contributed by atoms with Crippen molar-refractivity contribution < 1.29 is 9.15 Å². The zero-order chi connectivity index (χ0) is 11.4. The number of thiocarbonyl (C=S) groups is 1. The summed E-state index contributed by atoms with van der Waals surface area (Å²) in [7, 11) is 0. The monoisotopic (exact) mass is 234 g/mol. The molecule has 0 atom stereocenters. The Morgan fingerprint density at radius 3 is 2.88 bits per heavy atom. The number of rotatable bonds is 4. The molecular weight excluding hydrogens is 224 g/mol. The minimum absolute atomic E-state index is 0.324. The molecule has 0 aliphatic rings. The highest BCUT2D eigenvalue weighted by Gasteiger charge is 2.00. The van der Waals surface area contributed by atoms with E-state index in [1.54, 1.807) is 24.6 Å². The van der Waals surface area contributed by atoms with Crippen molar-refractivity contribution in [3.63, 3.8) is 0 Å². The maximum Gasteiger partial charge on any atom is 0.213 e. The predicted octanol–water partition coefficient (Wildman–Crippen LogP) is 1.89. The van der Waals surface area contributed by atoms with E-state index < -0.39 is 0 Å². The van der Waals surface area contributed by atoms with Crippen LogP contribution in [-0.2, 0) is 6.61 Å². The summed E-state index contributed by atoms with van der Waals surface area (Å²) in [4.78, 5) is 4.39. The van der Waals surface area contributed by atoms with Crippen molar-refractivity contribution in [2.24, 2.45) is 5.73 Å². The van der Waals surface area contributed by atoms with Crippen molar-refractivity contribution in [3.8, 4) is 5.88 Å². The largest absolute Gasteiger partial charge is 0.469 e. The Morgan fingerprint density at radius 1 is 1.44 bits per heavy atom. The van der Waals surface area contributed by atoms with Gasteiger partial charge in [0.05, 0.1) is 6.26 Å². The predicted molar refractivity (Wildman–Crippen MR) is 63.2 cm³/mol. The summed E-state index contributed by atoms with van der Waals surface area (Å²) in [6.07, 6.45) is 3.18. The molecule has 0 fully saturated rings. The van der Waals surface area contributed by atoms with Crippen LogP contribution in [0.3, 0.4) is 0 Å². The van der Waals surface area contributed by atoms with E-state index in [-0.39, 0.29) is 0 Å². The van der Waals surface area contributed by atoms with Crippen molar-refractivity contribution >= 4 is 17.2 Å². The Hall–Kier alpha value is -1.88. The third kappa shape index (κ3) is 2.58. The van der Waals surface area contributed by atoms with Crippen LogP contribution in [0.4, 0.5) is 0 Å². The van der Waals surface area contributed by atoms with Crippen LogP contribution < -0.4 is 10.5 Å². The smallest absolute Gasteiger partial charge is 0.213 e. The molecule has 16 heavy (non-hydrogen) atoms. The average Bonchev–Trinajstić information content (AvgIpc) is 2.80. The molecule has 4 nitrogen and oxygen atoms in total. The maximum atomic E-state index is 5.45. The minimum atomic E-state index is 0.324. The average molecular weight is 234 g/mol. The molecule has 0 unspecified atom stereocenters. The molecule has 2 N–H and O–H groups in total. The molecule has 0 aliphatic carbocycles. The Bertz CT molecular complexity index is 465. The zero-order valence-electron chi connectivity index (χ0n) is 8.42. The summed E-state index contributed by atoms with van der Waals surface area (Å²) < 4.78 is 10.5. The summed E-state index contributed by atoms with van der Waals surface area (Å²) in [5.41, 5.74) is 6.17. The fraction of sp³-hybridized carbons (Fsp3) is 0.0909. The van der Waals surface area contributed by atoms with Gasteiger partial charge in [-0.3, -0.25) is 0 Å². The van der Waals surface area contributed by atoms with Gasteiger partial charge in [-0.05, 0) is 18.2 Å². The molecule has 5 heteroatoms. The lowest BCUT2D eigenvalue weighted by molar-refractivity contribution is 0.260. The van der Waals surface area contributed by atoms with Gasteiger partial charge in [0.25, 0.3) is 0 Å². The van der Waals surface area contributed by atoms with Crippen LogP contribution in [0, 0.1) is 0 Å². The van der Waals surface area contributed by atoms with Gasteiger partial charge < -0.3 is 14.9 Å². The topological polar surface area (TPSA) is 61.3 Å². The van der Waals surface area contributed by atoms with Crippen molar-refractivity contribution in [1.29, 1.82) is 0 Å². The van der Waals surface area contributed by atoms with Gasteiger partial charge in [0.15, 0.2) is 0 Å². The second-order valence-corrected chi connectivity index (χ2v) is 3.56. The van der Waals surface area contributed by atoms with Crippen LogP contribution in [0.2, 0.25) is 0 Å². The molecule has 0 aromatic carbocycles. The first kappa shape index (κ1) is 10.6. The van der Waals surface area contributed by atoms with Gasteiger partial charge in [-0.15, -0.1) is 0 Å². The van der Waals surface area contributed by atoms with Gasteiger partial charge in [0.1, 0.15) is 17.4 Å². The van der Waals surface area contributed by atoms with E-state index in [4.69, 9.17) is 27.1 Å². The molecule has 2 aromatic rings. The van der Waals surface area contributed by atoms with Crippen LogP contribution in [0.25, 0.3) is 0 Å². The summed E-state index contributed by atoms with van der Waals surface area (Å²) in [6, 6.07) is 7.13. The van der Waals surface area contributed by atoms with Gasteiger partial charge in [-0.1, -0.05) is 12.2 Å². The summed E-state index contributed by atoms with van der Waals surface area (Å²) in [5.74, 6) is 1.26. The number of pyridine rings is 1. The van der Waals surface area contributed by atoms with E-state index in [0.29, 0.717) is 17.5 Å². The van der Waals surface area contributed by atoms with Crippen LogP contribution >= 0.6 is 12.2 Å². The van der Waals surface area contributed by atoms with Crippen LogP contribution in [0.5, 0.6) is 5.88 Å². The second-order valence-electron chi connectivity index (χ2n) is 3.12. The lowest BCUT2D eigenvalue weighted by atomic mass is 10.3. The summed E-state index contributed by atoms with van der Waals surface area (Å²) in [6.45, 7) is 0.354. The number of hydrogen-bond acceptors (Lipinski definition) is 4. The number of hydrogen-bond donors (Lipinski definition) is 1. The molecule has 0 bridgehead atoms. The van der Waals surface area contributed by atoms with E-state index >= 15 is 0 Å². The summed E-state index contributed by atoms with van der Waals surface area (Å²) >= 11 is 4.82. The SMILES string of the molecule is NC(=S)c1ccc(OCc2ccco2)nc1. The fourth-order valence-electron chi connectivity index (χ4n) is 1.15. The Morgan fingerprint density at radius 2 is 2.31 bits per heavy atom. The first-order valence-electron chi connectivity index (χ1n) is 4.67. The molecule has 2 heterocycles. The molecule has 0 spiro atoms. The maximum absolute atomic E-state index is 5.45. The molecule has 0 saturated carbocycles. The Kier molecular flexibility index (Phi) is 3.16. The Balaban J connectivity index is 1.98. The van der Waals surface area contributed by atoms with E-state index in [2.05, 4.69) is 4.98 Å². The quantitative estimate of drug-likeness (QED) is 0.818. The Labute approximate surface area is 98.0 Å². The first-order chi connectivity index (χ1) is 7.75. The van der Waals surface area contributed by atoms with Gasteiger partial charge in [0.2, 0.25) is 5.88 Å². The molecule has 2 rings (SSSR count). The zero-order valence-corrected chi connectivity index (χ0v) is 9.24. The first-order valence-corrected chi connectivity index (χ1v) is 5.07. The highest BCUT2D eigenvalue weighted by Crippen LogP contribution is 2.10. The van der Waals surface area contributed by atoms with Gasteiger partial charge >= 0.3 is 0 Å². The van der Waals surface area contributed by atoms with E-state index in [1.165, 1.54) is 0 Å². The van der Waals surface area contributed by atoms with Crippen molar-refractivity contribution in [3.05, 3.63) is 48.0 Å². The van der Waals surface area contributed by atoms with Crippen molar-refractivity contribution in [1.82, 2.24) is 4.98 Å². The fourth-order valence-corrected chi connectivity index (χ4v) is 1.27. The molecule has 2 aromatic heterocycles. The number of aromatic nitrogens is 1. The lowest BCUT2D eigenvalue weighted by Gasteiger charge is -2.03. The standard InChI is InChI=1S/C11H10N2O2S/c12-11(16)8-3-4-10(13-6-8)15-7-9-2-1-5-14-9/h1-6H,7H2,(H2,12,16). The summed E-state index contributed by atoms with van der Waals surface area (Å²) in [5, 5.41) is 0. The van der Waals surface area contributed by atoms with E-state index in [1.807, 2.05) is 12.1 Å².